The number of hydrogen-bond acceptors (Lipinski definition) is 3. The van der Waals surface area contributed by atoms with Gasteiger partial charge >= 0.3 is 6.18 Å². The summed E-state index contributed by atoms with van der Waals surface area (Å²) in [5.41, 5.74) is -0.0939. The van der Waals surface area contributed by atoms with E-state index >= 15 is 0 Å². The normalized spacial score (nSPS) is 12.7. The summed E-state index contributed by atoms with van der Waals surface area (Å²) >= 11 is 0. The lowest BCUT2D eigenvalue weighted by molar-refractivity contribution is -0.136. The third kappa shape index (κ3) is 4.47. The third-order valence-corrected chi connectivity index (χ3v) is 3.59. The van der Waals surface area contributed by atoms with E-state index in [2.05, 4.69) is 24.1 Å². The number of nitrogens with zero attached hydrogens (tertiary/aromatic N) is 1. The molecule has 128 valence electrons. The topological polar surface area (TPSA) is 38.1 Å². The molecule has 6 heteroatoms. The third-order valence-electron chi connectivity index (χ3n) is 3.59. The minimum atomic E-state index is -4.46. The number of alkyl halides is 3. The van der Waals surface area contributed by atoms with Gasteiger partial charge in [0.25, 0.3) is 0 Å². The van der Waals surface area contributed by atoms with Crippen molar-refractivity contribution in [3.63, 3.8) is 0 Å². The van der Waals surface area contributed by atoms with E-state index in [0.717, 1.165) is 19.0 Å². The monoisotopic (exact) mass is 328 g/mol. The lowest BCUT2D eigenvalue weighted by Gasteiger charge is -2.11. The van der Waals surface area contributed by atoms with E-state index in [4.69, 9.17) is 4.42 Å². The molecule has 1 aromatic carbocycles. The average Bonchev–Trinajstić information content (AvgIpc) is 2.85. The molecule has 1 heterocycles. The van der Waals surface area contributed by atoms with Crippen LogP contribution in [0.15, 0.2) is 16.5 Å². The minimum absolute atomic E-state index is 0.0592. The maximum absolute atomic E-state index is 13.3. The summed E-state index contributed by atoms with van der Waals surface area (Å²) in [5, 5.41) is 3.18. The van der Waals surface area contributed by atoms with E-state index in [1.54, 1.807) is 6.07 Å². The van der Waals surface area contributed by atoms with Crippen LogP contribution in [0.25, 0.3) is 11.1 Å². The largest absolute Gasteiger partial charge is 0.440 e. The van der Waals surface area contributed by atoms with Crippen LogP contribution in [0.5, 0.6) is 0 Å². The number of halogens is 3. The van der Waals surface area contributed by atoms with Gasteiger partial charge in [0.05, 0.1) is 0 Å². The number of oxazole rings is 1. The maximum Gasteiger partial charge on any atom is 0.420 e. The number of hydrogen-bond donors (Lipinski definition) is 1. The van der Waals surface area contributed by atoms with E-state index in [9.17, 15) is 13.2 Å². The van der Waals surface area contributed by atoms with Crippen LogP contribution in [0.3, 0.4) is 0 Å². The summed E-state index contributed by atoms with van der Waals surface area (Å²) in [6, 6.07) is 2.82. The molecule has 0 bridgehead atoms. The van der Waals surface area contributed by atoms with E-state index < -0.39 is 11.7 Å². The van der Waals surface area contributed by atoms with Crippen molar-refractivity contribution in [2.75, 3.05) is 6.54 Å². The fraction of sp³-hybridized carbons (Fsp3) is 0.588. The van der Waals surface area contributed by atoms with Gasteiger partial charge in [-0.15, -0.1) is 0 Å². The minimum Gasteiger partial charge on any atom is -0.440 e. The Bertz CT molecular complexity index is 660. The molecule has 1 aromatic heterocycles. The highest BCUT2D eigenvalue weighted by Gasteiger charge is 2.35. The number of rotatable bonds is 6. The average molecular weight is 328 g/mol. The molecule has 0 spiro atoms. The highest BCUT2D eigenvalue weighted by molar-refractivity contribution is 5.78. The second-order valence-corrected chi connectivity index (χ2v) is 6.56. The molecule has 0 aliphatic heterocycles. The molecular weight excluding hydrogens is 305 g/mol. The molecule has 2 aromatic rings. The fourth-order valence-electron chi connectivity index (χ4n) is 2.29. The van der Waals surface area contributed by atoms with Crippen molar-refractivity contribution in [1.29, 1.82) is 0 Å². The number of benzene rings is 1. The smallest absolute Gasteiger partial charge is 0.420 e. The van der Waals surface area contributed by atoms with Gasteiger partial charge in [-0.3, -0.25) is 0 Å². The Balaban J connectivity index is 2.32. The second-order valence-electron chi connectivity index (χ2n) is 6.56. The van der Waals surface area contributed by atoms with Gasteiger partial charge in [-0.05, 0) is 36.6 Å². The van der Waals surface area contributed by atoms with Crippen molar-refractivity contribution in [3.8, 4) is 0 Å². The molecule has 3 nitrogen and oxygen atoms in total. The van der Waals surface area contributed by atoms with Crippen molar-refractivity contribution in [2.45, 2.75) is 52.8 Å². The van der Waals surface area contributed by atoms with Crippen molar-refractivity contribution >= 4 is 11.1 Å². The standard InChI is InChI=1S/C17H23F3N2O/c1-10(2)5-6-21-9-12-7-13(17(18,19)20)15-14(8-12)22-16(23-15)11(3)4/h7-8,10-11,21H,5-6,9H2,1-4H3. The van der Waals surface area contributed by atoms with Crippen molar-refractivity contribution in [2.24, 2.45) is 5.92 Å². The Hall–Kier alpha value is -1.56. The number of aromatic nitrogens is 1. The van der Waals surface area contributed by atoms with Crippen LogP contribution >= 0.6 is 0 Å². The summed E-state index contributed by atoms with van der Waals surface area (Å²) in [6.07, 6.45) is -3.48. The predicted octanol–water partition coefficient (Wildman–Crippen LogP) is 5.11. The highest BCUT2D eigenvalue weighted by atomic mass is 19.4. The lowest BCUT2D eigenvalue weighted by Crippen LogP contribution is -2.17. The van der Waals surface area contributed by atoms with Crippen LogP contribution in [-0.4, -0.2) is 11.5 Å². The summed E-state index contributed by atoms with van der Waals surface area (Å²) < 4.78 is 45.2. The Labute approximate surface area is 134 Å². The van der Waals surface area contributed by atoms with Crippen LogP contribution < -0.4 is 5.32 Å². The highest BCUT2D eigenvalue weighted by Crippen LogP contribution is 2.37. The Morgan fingerprint density at radius 2 is 1.87 bits per heavy atom. The molecule has 2 rings (SSSR count). The number of nitrogens with one attached hydrogen (secondary N) is 1. The van der Waals surface area contributed by atoms with E-state index in [0.29, 0.717) is 23.9 Å². The molecule has 0 atom stereocenters. The molecule has 0 saturated heterocycles. The van der Waals surface area contributed by atoms with Crippen molar-refractivity contribution < 1.29 is 17.6 Å². The lowest BCUT2D eigenvalue weighted by atomic mass is 10.1. The van der Waals surface area contributed by atoms with Gasteiger partial charge in [0.15, 0.2) is 11.5 Å². The molecule has 23 heavy (non-hydrogen) atoms. The number of fused-ring (bicyclic) bond motifs is 1. The summed E-state index contributed by atoms with van der Waals surface area (Å²) in [7, 11) is 0. The van der Waals surface area contributed by atoms with Gasteiger partial charge in [0.2, 0.25) is 0 Å². The van der Waals surface area contributed by atoms with Crippen LogP contribution in [0, 0.1) is 5.92 Å². The van der Waals surface area contributed by atoms with Gasteiger partial charge < -0.3 is 9.73 Å². The van der Waals surface area contributed by atoms with Crippen LogP contribution in [0.2, 0.25) is 0 Å². The molecule has 0 radical (unpaired) electrons. The van der Waals surface area contributed by atoms with E-state index in [-0.39, 0.29) is 17.0 Å². The van der Waals surface area contributed by atoms with Crippen molar-refractivity contribution in [3.05, 3.63) is 29.2 Å². The zero-order valence-electron chi connectivity index (χ0n) is 13.9. The van der Waals surface area contributed by atoms with Gasteiger partial charge in [-0.1, -0.05) is 27.7 Å². The van der Waals surface area contributed by atoms with E-state index in [1.807, 2.05) is 13.8 Å². The second kappa shape index (κ2) is 6.91. The first-order valence-electron chi connectivity index (χ1n) is 7.89. The van der Waals surface area contributed by atoms with Gasteiger partial charge in [0, 0.05) is 12.5 Å². The molecule has 0 aliphatic carbocycles. The first-order chi connectivity index (χ1) is 10.7. The zero-order chi connectivity index (χ0) is 17.2. The quantitative estimate of drug-likeness (QED) is 0.749. The Morgan fingerprint density at radius 3 is 2.43 bits per heavy atom. The molecule has 0 aliphatic rings. The summed E-state index contributed by atoms with van der Waals surface area (Å²) in [6.45, 7) is 9.05. The maximum atomic E-state index is 13.3. The van der Waals surface area contributed by atoms with E-state index in [1.165, 1.54) is 0 Å². The molecule has 0 amide bonds. The predicted molar refractivity (Wildman–Crippen MR) is 84.3 cm³/mol. The van der Waals surface area contributed by atoms with Crippen LogP contribution in [-0.2, 0) is 12.7 Å². The Morgan fingerprint density at radius 1 is 1.17 bits per heavy atom. The van der Waals surface area contributed by atoms with Gasteiger partial charge in [0.1, 0.15) is 11.1 Å². The summed E-state index contributed by atoms with van der Waals surface area (Å²) in [5.74, 6) is 0.825. The molecule has 1 N–H and O–H groups in total. The molecule has 0 fully saturated rings. The Kier molecular flexibility index (Phi) is 5.34. The SMILES string of the molecule is CC(C)CCNCc1cc(C(F)(F)F)c2oc(C(C)C)nc2c1. The van der Waals surface area contributed by atoms with Gasteiger partial charge in [-0.2, -0.15) is 13.2 Å². The summed E-state index contributed by atoms with van der Waals surface area (Å²) in [4.78, 5) is 4.21. The molecule has 0 saturated carbocycles. The van der Waals surface area contributed by atoms with Crippen molar-refractivity contribution in [1.82, 2.24) is 10.3 Å². The zero-order valence-corrected chi connectivity index (χ0v) is 13.9. The molecule has 0 unspecified atom stereocenters. The molecular formula is C17H23F3N2O. The van der Waals surface area contributed by atoms with Crippen LogP contribution in [0.1, 0.15) is 57.1 Å². The van der Waals surface area contributed by atoms with Gasteiger partial charge in [-0.25, -0.2) is 4.98 Å². The first kappa shape index (κ1) is 17.8. The first-order valence-corrected chi connectivity index (χ1v) is 7.89. The van der Waals surface area contributed by atoms with Crippen LogP contribution in [0.4, 0.5) is 13.2 Å². The fourth-order valence-corrected chi connectivity index (χ4v) is 2.29.